The van der Waals surface area contributed by atoms with Crippen molar-refractivity contribution in [2.24, 2.45) is 5.73 Å². The number of nitrogens with two attached hydrogens (primary N) is 1. The Morgan fingerprint density at radius 3 is 2.36 bits per heavy atom. The second kappa shape index (κ2) is 10.2. The third-order valence-corrected chi connectivity index (χ3v) is 4.55. The molecular weight excluding hydrogens is 356 g/mol. The van der Waals surface area contributed by atoms with Gasteiger partial charge >= 0.3 is 6.03 Å². The standard InChI is InChI=1S/C20H32N6O2/c1-20(2,28)15-26-9-7-25(8-10-26)14-16-3-5-18(6-4-16)24-19(27)23-13-17(11-21)12-22/h3-6,11-12,21,28H,7-10,13-15,22H2,1-2H3,(H2,23,24,27)/b17-12+,21-11?. The fourth-order valence-corrected chi connectivity index (χ4v) is 3.12. The number of rotatable bonds is 8. The highest BCUT2D eigenvalue weighted by Crippen LogP contribution is 2.14. The summed E-state index contributed by atoms with van der Waals surface area (Å²) >= 11 is 0. The lowest BCUT2D eigenvalue weighted by molar-refractivity contribution is 0.0167. The van der Waals surface area contributed by atoms with Gasteiger partial charge in [0.25, 0.3) is 0 Å². The van der Waals surface area contributed by atoms with E-state index in [1.807, 2.05) is 38.1 Å². The van der Waals surface area contributed by atoms with E-state index in [0.29, 0.717) is 17.8 Å². The van der Waals surface area contributed by atoms with E-state index in [-0.39, 0.29) is 12.6 Å². The van der Waals surface area contributed by atoms with Crippen molar-refractivity contribution in [2.75, 3.05) is 44.6 Å². The molecule has 8 heteroatoms. The molecule has 1 fully saturated rings. The van der Waals surface area contributed by atoms with Gasteiger partial charge in [0.2, 0.25) is 0 Å². The molecule has 0 aliphatic carbocycles. The first-order chi connectivity index (χ1) is 13.3. The maximum absolute atomic E-state index is 11.9. The fourth-order valence-electron chi connectivity index (χ4n) is 3.12. The lowest BCUT2D eigenvalue weighted by Gasteiger charge is -2.37. The van der Waals surface area contributed by atoms with Crippen molar-refractivity contribution in [3.63, 3.8) is 0 Å². The third-order valence-electron chi connectivity index (χ3n) is 4.55. The van der Waals surface area contributed by atoms with Crippen LogP contribution in [-0.4, -0.2) is 72.0 Å². The summed E-state index contributed by atoms with van der Waals surface area (Å²) in [7, 11) is 0. The number of carbonyl (C=O) groups is 1. The van der Waals surface area contributed by atoms with Gasteiger partial charge in [-0.15, -0.1) is 0 Å². The lowest BCUT2D eigenvalue weighted by Crippen LogP contribution is -2.50. The smallest absolute Gasteiger partial charge is 0.319 e. The summed E-state index contributed by atoms with van der Waals surface area (Å²) in [6, 6.07) is 7.46. The molecule has 0 aromatic heterocycles. The molecular formula is C20H32N6O2. The summed E-state index contributed by atoms with van der Waals surface area (Å²) in [4.78, 5) is 16.6. The summed E-state index contributed by atoms with van der Waals surface area (Å²) in [5, 5.41) is 22.5. The Bertz CT molecular complexity index is 673. The molecule has 1 aromatic rings. The van der Waals surface area contributed by atoms with E-state index in [4.69, 9.17) is 11.1 Å². The first-order valence-corrected chi connectivity index (χ1v) is 9.51. The van der Waals surface area contributed by atoms with Crippen LogP contribution in [0.4, 0.5) is 10.5 Å². The van der Waals surface area contributed by atoms with Crippen LogP contribution in [0, 0.1) is 5.41 Å². The Morgan fingerprint density at radius 1 is 1.21 bits per heavy atom. The summed E-state index contributed by atoms with van der Waals surface area (Å²) in [5.41, 5.74) is 7.13. The molecule has 0 atom stereocenters. The summed E-state index contributed by atoms with van der Waals surface area (Å²) in [6.07, 6.45) is 2.41. The first kappa shape index (κ1) is 21.9. The van der Waals surface area contributed by atoms with Gasteiger partial charge in [-0.2, -0.15) is 0 Å². The van der Waals surface area contributed by atoms with Crippen molar-refractivity contribution in [1.29, 1.82) is 5.41 Å². The number of hydrogen-bond donors (Lipinski definition) is 5. The maximum atomic E-state index is 11.9. The van der Waals surface area contributed by atoms with Crippen molar-refractivity contribution in [1.82, 2.24) is 15.1 Å². The number of urea groups is 1. The Morgan fingerprint density at radius 2 is 1.82 bits per heavy atom. The summed E-state index contributed by atoms with van der Waals surface area (Å²) in [6.45, 7) is 9.33. The number of anilines is 1. The summed E-state index contributed by atoms with van der Waals surface area (Å²) < 4.78 is 0. The van der Waals surface area contributed by atoms with E-state index in [0.717, 1.165) is 38.9 Å². The Kier molecular flexibility index (Phi) is 7.98. The average molecular weight is 389 g/mol. The topological polar surface area (TPSA) is 118 Å². The van der Waals surface area contributed by atoms with Gasteiger partial charge in [-0.25, -0.2) is 4.79 Å². The average Bonchev–Trinajstić information content (AvgIpc) is 2.64. The minimum atomic E-state index is -0.654. The molecule has 0 bridgehead atoms. The number of piperazine rings is 1. The van der Waals surface area contributed by atoms with Crippen LogP contribution in [0.15, 0.2) is 36.0 Å². The fraction of sp³-hybridized carbons (Fsp3) is 0.500. The van der Waals surface area contributed by atoms with Crippen molar-refractivity contribution < 1.29 is 9.90 Å². The number of nitrogens with one attached hydrogen (secondary N) is 3. The van der Waals surface area contributed by atoms with Crippen LogP contribution in [0.5, 0.6) is 0 Å². The molecule has 154 valence electrons. The van der Waals surface area contributed by atoms with Crippen LogP contribution in [0.1, 0.15) is 19.4 Å². The van der Waals surface area contributed by atoms with Crippen molar-refractivity contribution in [3.05, 3.63) is 41.6 Å². The second-order valence-corrected chi connectivity index (χ2v) is 7.76. The number of carbonyl (C=O) groups excluding carboxylic acids is 1. The molecule has 0 saturated carbocycles. The van der Waals surface area contributed by atoms with E-state index in [1.54, 1.807) is 0 Å². The third kappa shape index (κ3) is 7.67. The van der Waals surface area contributed by atoms with Crippen molar-refractivity contribution >= 4 is 17.9 Å². The molecule has 2 amide bonds. The molecule has 1 aromatic carbocycles. The molecule has 1 heterocycles. The number of nitrogens with zero attached hydrogens (tertiary/aromatic N) is 2. The molecule has 2 rings (SSSR count). The molecule has 8 nitrogen and oxygen atoms in total. The van der Waals surface area contributed by atoms with Gasteiger partial charge in [0.05, 0.1) is 5.60 Å². The quantitative estimate of drug-likeness (QED) is 0.429. The zero-order chi connectivity index (χ0) is 20.6. The molecule has 0 unspecified atom stereocenters. The molecule has 0 radical (unpaired) electrons. The number of hydrogen-bond acceptors (Lipinski definition) is 6. The monoisotopic (exact) mass is 388 g/mol. The van der Waals surface area contributed by atoms with E-state index < -0.39 is 5.60 Å². The predicted molar refractivity (Wildman–Crippen MR) is 113 cm³/mol. The number of benzene rings is 1. The molecule has 0 spiro atoms. The highest BCUT2D eigenvalue weighted by Gasteiger charge is 2.22. The Hall–Kier alpha value is -2.42. The van der Waals surface area contributed by atoms with Crippen LogP contribution in [0.25, 0.3) is 0 Å². The van der Waals surface area contributed by atoms with E-state index >= 15 is 0 Å². The minimum Gasteiger partial charge on any atom is -0.404 e. The Balaban J connectivity index is 1.75. The highest BCUT2D eigenvalue weighted by atomic mass is 16.3. The Labute approximate surface area is 166 Å². The van der Waals surface area contributed by atoms with Crippen molar-refractivity contribution in [3.8, 4) is 0 Å². The highest BCUT2D eigenvalue weighted by molar-refractivity contribution is 5.90. The van der Waals surface area contributed by atoms with Crippen molar-refractivity contribution in [2.45, 2.75) is 26.0 Å². The summed E-state index contributed by atoms with van der Waals surface area (Å²) in [5.74, 6) is 0. The van der Waals surface area contributed by atoms with E-state index in [2.05, 4.69) is 20.4 Å². The van der Waals surface area contributed by atoms with Crippen LogP contribution < -0.4 is 16.4 Å². The van der Waals surface area contributed by atoms with Gasteiger partial charge in [0.15, 0.2) is 0 Å². The first-order valence-electron chi connectivity index (χ1n) is 9.51. The molecule has 6 N–H and O–H groups in total. The SMILES string of the molecule is CC(C)(O)CN1CCN(Cc2ccc(NC(=O)NC/C(C=N)=C/N)cc2)CC1. The van der Waals surface area contributed by atoms with Crippen LogP contribution in [0.3, 0.4) is 0 Å². The minimum absolute atomic E-state index is 0.212. The number of amides is 2. The van der Waals surface area contributed by atoms with E-state index in [9.17, 15) is 9.90 Å². The molecule has 1 saturated heterocycles. The van der Waals surface area contributed by atoms with Gasteiger partial charge in [-0.05, 0) is 31.5 Å². The van der Waals surface area contributed by atoms with Crippen LogP contribution in [-0.2, 0) is 6.54 Å². The van der Waals surface area contributed by atoms with Crippen LogP contribution in [0.2, 0.25) is 0 Å². The van der Waals surface area contributed by atoms with E-state index in [1.165, 1.54) is 11.8 Å². The van der Waals surface area contributed by atoms with Gasteiger partial charge in [-0.1, -0.05) is 12.1 Å². The number of aliphatic hydroxyl groups is 1. The van der Waals surface area contributed by atoms with Gasteiger partial charge in [-0.3, -0.25) is 9.80 Å². The zero-order valence-corrected chi connectivity index (χ0v) is 16.7. The van der Waals surface area contributed by atoms with Gasteiger partial charge in [0, 0.05) is 69.5 Å². The second-order valence-electron chi connectivity index (χ2n) is 7.76. The van der Waals surface area contributed by atoms with Crippen LogP contribution >= 0.6 is 0 Å². The van der Waals surface area contributed by atoms with Gasteiger partial charge in [0.1, 0.15) is 0 Å². The normalized spacial score (nSPS) is 16.6. The largest absolute Gasteiger partial charge is 0.404 e. The molecule has 1 aliphatic heterocycles. The maximum Gasteiger partial charge on any atom is 0.319 e. The lowest BCUT2D eigenvalue weighted by atomic mass is 10.1. The molecule has 28 heavy (non-hydrogen) atoms. The van der Waals surface area contributed by atoms with Gasteiger partial charge < -0.3 is 26.9 Å². The predicted octanol–water partition coefficient (Wildman–Crippen LogP) is 1.19. The zero-order valence-electron chi connectivity index (χ0n) is 16.7. The number of β-amino-alcohol motifs (C(OH)–C–C–N with tert-alkyl or cyclic N) is 1. The molecule has 1 aliphatic rings.